The minimum absolute atomic E-state index is 0.0467. The van der Waals surface area contributed by atoms with E-state index < -0.39 is 0 Å². The maximum atomic E-state index is 11.5. The first-order chi connectivity index (χ1) is 10.1. The van der Waals surface area contributed by atoms with E-state index in [1.165, 1.54) is 31.2 Å². The number of phenolic OH excluding ortho intramolecular Hbond substituents is 1. The van der Waals surface area contributed by atoms with Gasteiger partial charge in [-0.05, 0) is 30.2 Å². The number of phenols is 1. The number of carbonyl (C=O) groups excluding carboxylic acids is 1. The number of amides is 1. The zero-order valence-electron chi connectivity index (χ0n) is 11.3. The summed E-state index contributed by atoms with van der Waals surface area (Å²) in [4.78, 5) is 11.5. The minimum Gasteiger partial charge on any atom is -0.504 e. The summed E-state index contributed by atoms with van der Waals surface area (Å²) in [6, 6.07) is 4.78. The summed E-state index contributed by atoms with van der Waals surface area (Å²) in [5, 5.41) is 28.8. The highest BCUT2D eigenvalue weighted by Gasteiger charge is 2.29. The number of nitrogens with one attached hydrogen (secondary N) is 1. The Morgan fingerprint density at radius 3 is 3.05 bits per heavy atom. The lowest BCUT2D eigenvalue weighted by Gasteiger charge is -2.02. The number of ether oxygens (including phenoxy) is 1. The summed E-state index contributed by atoms with van der Waals surface area (Å²) in [5.41, 5.74) is 0.704. The fourth-order valence-electron chi connectivity index (χ4n) is 1.68. The SMILES string of the molecule is COc1cc(/C=N/N=C2\NC(=O)C(CCO)S2)ccc1O. The van der Waals surface area contributed by atoms with Crippen LogP contribution in [0.3, 0.4) is 0 Å². The molecule has 1 saturated heterocycles. The van der Waals surface area contributed by atoms with Crippen LogP contribution in [-0.2, 0) is 4.79 Å². The molecule has 3 N–H and O–H groups in total. The molecule has 0 spiro atoms. The average Bonchev–Trinajstić information content (AvgIpc) is 2.81. The molecule has 1 aliphatic heterocycles. The van der Waals surface area contributed by atoms with E-state index in [1.54, 1.807) is 12.1 Å². The summed E-state index contributed by atoms with van der Waals surface area (Å²) >= 11 is 1.24. The fourth-order valence-corrected chi connectivity index (χ4v) is 2.59. The van der Waals surface area contributed by atoms with Crippen LogP contribution in [0.25, 0.3) is 0 Å². The molecule has 1 heterocycles. The molecule has 0 aromatic heterocycles. The third-order valence-corrected chi connectivity index (χ3v) is 3.87. The molecule has 7 nitrogen and oxygen atoms in total. The van der Waals surface area contributed by atoms with E-state index in [-0.39, 0.29) is 23.5 Å². The molecule has 1 aromatic rings. The Balaban J connectivity index is 2.02. The second-order valence-corrected chi connectivity index (χ2v) is 5.38. The van der Waals surface area contributed by atoms with Crippen LogP contribution in [0.2, 0.25) is 0 Å². The quantitative estimate of drug-likeness (QED) is 0.549. The van der Waals surface area contributed by atoms with Gasteiger partial charge in [0.1, 0.15) is 0 Å². The molecule has 1 aromatic carbocycles. The van der Waals surface area contributed by atoms with Crippen molar-refractivity contribution in [3.05, 3.63) is 23.8 Å². The van der Waals surface area contributed by atoms with E-state index >= 15 is 0 Å². The second kappa shape index (κ2) is 7.09. The molecule has 1 fully saturated rings. The standard InChI is InChI=1S/C13H15N3O4S/c1-20-10-6-8(2-3-9(10)18)7-14-16-13-15-12(19)11(21-13)4-5-17/h2-3,6-7,11,17-18H,4-5H2,1H3,(H,15,16,19)/b14-7+. The Morgan fingerprint density at radius 2 is 2.33 bits per heavy atom. The van der Waals surface area contributed by atoms with Gasteiger partial charge in [-0.2, -0.15) is 5.10 Å². The van der Waals surface area contributed by atoms with Gasteiger partial charge in [-0.3, -0.25) is 4.79 Å². The first kappa shape index (κ1) is 15.3. The third kappa shape index (κ3) is 3.96. The van der Waals surface area contributed by atoms with Gasteiger partial charge in [0.25, 0.3) is 0 Å². The van der Waals surface area contributed by atoms with Gasteiger partial charge in [-0.1, -0.05) is 11.8 Å². The van der Waals surface area contributed by atoms with Gasteiger partial charge in [0.2, 0.25) is 5.91 Å². The topological polar surface area (TPSA) is 104 Å². The lowest BCUT2D eigenvalue weighted by Crippen LogP contribution is -2.25. The average molecular weight is 309 g/mol. The number of aliphatic hydroxyl groups excluding tert-OH is 1. The normalized spacial score (nSPS) is 20.2. The zero-order chi connectivity index (χ0) is 15.2. The number of benzene rings is 1. The highest BCUT2D eigenvalue weighted by Crippen LogP contribution is 2.25. The van der Waals surface area contributed by atoms with Gasteiger partial charge >= 0.3 is 0 Å². The van der Waals surface area contributed by atoms with Gasteiger partial charge < -0.3 is 20.3 Å². The van der Waals surface area contributed by atoms with Crippen molar-refractivity contribution >= 4 is 29.1 Å². The van der Waals surface area contributed by atoms with E-state index in [1.807, 2.05) is 0 Å². The number of methoxy groups -OCH3 is 1. The molecular formula is C13H15N3O4S. The highest BCUT2D eigenvalue weighted by molar-refractivity contribution is 8.15. The summed E-state index contributed by atoms with van der Waals surface area (Å²) in [5.74, 6) is 0.221. The van der Waals surface area contributed by atoms with Crippen molar-refractivity contribution in [2.45, 2.75) is 11.7 Å². The lowest BCUT2D eigenvalue weighted by atomic mass is 10.2. The summed E-state index contributed by atoms with van der Waals surface area (Å²) in [7, 11) is 1.46. The van der Waals surface area contributed by atoms with Crippen LogP contribution in [-0.4, -0.2) is 46.5 Å². The third-order valence-electron chi connectivity index (χ3n) is 2.73. The monoisotopic (exact) mass is 309 g/mol. The minimum atomic E-state index is -0.322. The van der Waals surface area contributed by atoms with Crippen LogP contribution in [0.5, 0.6) is 11.5 Å². The van der Waals surface area contributed by atoms with E-state index in [9.17, 15) is 9.90 Å². The van der Waals surface area contributed by atoms with Crippen molar-refractivity contribution in [3.63, 3.8) is 0 Å². The van der Waals surface area contributed by atoms with E-state index in [0.717, 1.165) is 0 Å². The van der Waals surface area contributed by atoms with Crippen molar-refractivity contribution in [1.29, 1.82) is 0 Å². The fraction of sp³-hybridized carbons (Fsp3) is 0.308. The Morgan fingerprint density at radius 1 is 1.52 bits per heavy atom. The van der Waals surface area contributed by atoms with Gasteiger partial charge in [-0.15, -0.1) is 5.10 Å². The number of hydrogen-bond acceptors (Lipinski definition) is 7. The van der Waals surface area contributed by atoms with Gasteiger partial charge in [0, 0.05) is 6.61 Å². The van der Waals surface area contributed by atoms with Crippen molar-refractivity contribution in [1.82, 2.24) is 5.32 Å². The largest absolute Gasteiger partial charge is 0.504 e. The summed E-state index contributed by atoms with van der Waals surface area (Å²) in [6.07, 6.45) is 1.87. The maximum Gasteiger partial charge on any atom is 0.239 e. The molecule has 1 aliphatic rings. The summed E-state index contributed by atoms with van der Waals surface area (Å²) < 4.78 is 4.99. The smallest absolute Gasteiger partial charge is 0.239 e. The van der Waals surface area contributed by atoms with Crippen LogP contribution in [0.15, 0.2) is 28.4 Å². The molecule has 1 unspecified atom stereocenters. The van der Waals surface area contributed by atoms with Crippen molar-refractivity contribution < 1.29 is 19.7 Å². The van der Waals surface area contributed by atoms with Crippen molar-refractivity contribution in [2.24, 2.45) is 10.2 Å². The number of hydrogen-bond donors (Lipinski definition) is 3. The van der Waals surface area contributed by atoms with Crippen LogP contribution in [0.1, 0.15) is 12.0 Å². The molecule has 0 aliphatic carbocycles. The Kier molecular flexibility index (Phi) is 5.18. The molecule has 1 amide bonds. The second-order valence-electron chi connectivity index (χ2n) is 4.19. The number of carbonyl (C=O) groups is 1. The van der Waals surface area contributed by atoms with Gasteiger partial charge in [0.05, 0.1) is 18.6 Å². The molecule has 0 saturated carbocycles. The molecule has 2 rings (SSSR count). The number of aliphatic hydroxyl groups is 1. The number of thioether (sulfide) groups is 1. The Hall–Kier alpha value is -2.06. The van der Waals surface area contributed by atoms with Gasteiger partial charge in [0.15, 0.2) is 16.7 Å². The summed E-state index contributed by atoms with van der Waals surface area (Å²) in [6.45, 7) is -0.0467. The van der Waals surface area contributed by atoms with E-state index in [4.69, 9.17) is 9.84 Å². The van der Waals surface area contributed by atoms with Gasteiger partial charge in [-0.25, -0.2) is 0 Å². The van der Waals surface area contributed by atoms with Crippen molar-refractivity contribution in [3.8, 4) is 11.5 Å². The molecule has 8 heteroatoms. The number of nitrogens with zero attached hydrogens (tertiary/aromatic N) is 2. The Labute approximate surface area is 125 Å². The number of aromatic hydroxyl groups is 1. The van der Waals surface area contributed by atoms with E-state index in [2.05, 4.69) is 15.5 Å². The van der Waals surface area contributed by atoms with Crippen molar-refractivity contribution in [2.75, 3.05) is 13.7 Å². The Bertz CT molecular complexity index is 589. The molecule has 21 heavy (non-hydrogen) atoms. The zero-order valence-corrected chi connectivity index (χ0v) is 12.1. The maximum absolute atomic E-state index is 11.5. The van der Waals surface area contributed by atoms with Crippen LogP contribution >= 0.6 is 11.8 Å². The first-order valence-electron chi connectivity index (χ1n) is 6.20. The van der Waals surface area contributed by atoms with Crippen LogP contribution < -0.4 is 10.1 Å². The highest BCUT2D eigenvalue weighted by atomic mass is 32.2. The predicted octanol–water partition coefficient (Wildman–Crippen LogP) is 0.705. The van der Waals surface area contributed by atoms with E-state index in [0.29, 0.717) is 22.9 Å². The first-order valence-corrected chi connectivity index (χ1v) is 7.08. The molecule has 1 atom stereocenters. The predicted molar refractivity (Wildman–Crippen MR) is 80.9 cm³/mol. The van der Waals surface area contributed by atoms with Crippen LogP contribution in [0, 0.1) is 0 Å². The number of rotatable bonds is 5. The molecular weight excluding hydrogens is 294 g/mol. The molecule has 0 bridgehead atoms. The molecule has 0 radical (unpaired) electrons. The number of amidine groups is 1. The molecule has 112 valence electrons. The lowest BCUT2D eigenvalue weighted by molar-refractivity contribution is -0.119. The van der Waals surface area contributed by atoms with Crippen LogP contribution in [0.4, 0.5) is 0 Å².